The van der Waals surface area contributed by atoms with Crippen LogP contribution < -0.4 is 21.4 Å². The summed E-state index contributed by atoms with van der Waals surface area (Å²) >= 11 is 0. The minimum atomic E-state index is 0.826. The summed E-state index contributed by atoms with van der Waals surface area (Å²) in [6, 6.07) is 16.9. The van der Waals surface area contributed by atoms with Crippen LogP contribution in [0.3, 0.4) is 0 Å². The van der Waals surface area contributed by atoms with Crippen LogP contribution in [0.5, 0.6) is 0 Å². The second kappa shape index (κ2) is 7.80. The molecule has 0 bridgehead atoms. The standard InChI is InChI=1S/C26H25N3/c1-5-9-20(12-17(2)3)26-23-15-22-14-21(13-19-10-7-6-8-11-19)18(4)27-24(22)16-25(23)28-29-26/h5-12,14-16,28-29H,1,4,13H2,2-3H3/b20-9+. The molecule has 0 aliphatic carbocycles. The molecule has 0 fully saturated rings. The molecular formula is C26H25N3. The molecular weight excluding hydrogens is 354 g/mol. The van der Waals surface area contributed by atoms with Crippen molar-refractivity contribution < 1.29 is 0 Å². The lowest BCUT2D eigenvalue weighted by Crippen LogP contribution is -2.15. The van der Waals surface area contributed by atoms with E-state index in [1.807, 2.05) is 18.2 Å². The highest BCUT2D eigenvalue weighted by atomic mass is 15.4. The summed E-state index contributed by atoms with van der Waals surface area (Å²) in [7, 11) is 0. The Kier molecular flexibility index (Phi) is 5.05. The number of hydrogen-bond donors (Lipinski definition) is 2. The van der Waals surface area contributed by atoms with Crippen molar-refractivity contribution in [1.29, 1.82) is 0 Å². The SMILES string of the molecule is C=C/C=C(\C=C(C)C)C1=c2cc3cc(Cc4ccccc4)c(=C)nc3cc2NN1. The van der Waals surface area contributed by atoms with Crippen molar-refractivity contribution >= 4 is 28.9 Å². The Labute approximate surface area is 171 Å². The molecule has 0 atom stereocenters. The summed E-state index contributed by atoms with van der Waals surface area (Å²) < 4.78 is 0. The zero-order chi connectivity index (χ0) is 20.4. The molecule has 2 aromatic carbocycles. The van der Waals surface area contributed by atoms with Crippen LogP contribution in [-0.2, 0) is 6.42 Å². The average molecular weight is 380 g/mol. The number of anilines is 1. The van der Waals surface area contributed by atoms with Crippen molar-refractivity contribution in [2.45, 2.75) is 20.3 Å². The van der Waals surface area contributed by atoms with Gasteiger partial charge in [-0.1, -0.05) is 67.3 Å². The second-order valence-electron chi connectivity index (χ2n) is 7.55. The van der Waals surface area contributed by atoms with Crippen LogP contribution in [0.25, 0.3) is 23.2 Å². The Morgan fingerprint density at radius 1 is 1.07 bits per heavy atom. The van der Waals surface area contributed by atoms with Gasteiger partial charge in [-0.25, -0.2) is 4.98 Å². The van der Waals surface area contributed by atoms with Gasteiger partial charge in [0.1, 0.15) is 0 Å². The number of nitrogens with zero attached hydrogens (tertiary/aromatic N) is 1. The fraction of sp³-hybridized carbons (Fsp3) is 0.115. The molecule has 0 radical (unpaired) electrons. The van der Waals surface area contributed by atoms with Gasteiger partial charge in [0, 0.05) is 10.6 Å². The molecule has 1 aliphatic rings. The number of fused-ring (bicyclic) bond motifs is 2. The summed E-state index contributed by atoms with van der Waals surface area (Å²) in [5.41, 5.74) is 14.3. The van der Waals surface area contributed by atoms with Gasteiger partial charge < -0.3 is 5.43 Å². The van der Waals surface area contributed by atoms with E-state index in [0.29, 0.717) is 0 Å². The predicted octanol–water partition coefficient (Wildman–Crippen LogP) is 4.35. The van der Waals surface area contributed by atoms with E-state index >= 15 is 0 Å². The molecule has 4 rings (SSSR count). The molecule has 3 heteroatoms. The summed E-state index contributed by atoms with van der Waals surface area (Å²) in [5, 5.41) is 3.07. The number of benzene rings is 2. The quantitative estimate of drug-likeness (QED) is 0.647. The Bertz CT molecular complexity index is 1260. The molecule has 2 N–H and O–H groups in total. The maximum Gasteiger partial charge on any atom is 0.0730 e. The second-order valence-corrected chi connectivity index (χ2v) is 7.55. The third kappa shape index (κ3) is 3.85. The molecule has 1 aromatic heterocycles. The third-order valence-corrected chi connectivity index (χ3v) is 4.98. The van der Waals surface area contributed by atoms with Gasteiger partial charge in [0.15, 0.2) is 0 Å². The van der Waals surface area contributed by atoms with Crippen LogP contribution in [0, 0.1) is 0 Å². The fourth-order valence-corrected chi connectivity index (χ4v) is 3.65. The summed E-state index contributed by atoms with van der Waals surface area (Å²) in [4.78, 5) is 4.77. The highest BCUT2D eigenvalue weighted by Crippen LogP contribution is 2.21. The molecule has 0 unspecified atom stereocenters. The number of hydrazine groups is 1. The molecule has 144 valence electrons. The highest BCUT2D eigenvalue weighted by Gasteiger charge is 2.15. The van der Waals surface area contributed by atoms with Crippen LogP contribution in [0.4, 0.5) is 5.69 Å². The molecule has 3 nitrogen and oxygen atoms in total. The third-order valence-electron chi connectivity index (χ3n) is 4.98. The molecule has 29 heavy (non-hydrogen) atoms. The van der Waals surface area contributed by atoms with E-state index in [2.05, 4.69) is 86.4 Å². The summed E-state index contributed by atoms with van der Waals surface area (Å²) in [5.74, 6) is 0. The molecule has 0 amide bonds. The number of allylic oxidation sites excluding steroid dienone is 3. The Morgan fingerprint density at radius 2 is 1.86 bits per heavy atom. The lowest BCUT2D eigenvalue weighted by atomic mass is 10.0. The molecule has 0 spiro atoms. The monoisotopic (exact) mass is 379 g/mol. The van der Waals surface area contributed by atoms with Gasteiger partial charge in [0.2, 0.25) is 0 Å². The first-order chi connectivity index (χ1) is 14.0. The Morgan fingerprint density at radius 3 is 2.59 bits per heavy atom. The fourth-order valence-electron chi connectivity index (χ4n) is 3.65. The number of nitrogens with one attached hydrogen (secondary N) is 2. The normalized spacial score (nSPS) is 12.9. The summed E-state index contributed by atoms with van der Waals surface area (Å²) in [6.07, 6.45) is 6.82. The first-order valence-corrected chi connectivity index (χ1v) is 9.76. The molecule has 3 aromatic rings. The smallest absolute Gasteiger partial charge is 0.0730 e. The van der Waals surface area contributed by atoms with Crippen molar-refractivity contribution in [3.05, 3.63) is 106 Å². The van der Waals surface area contributed by atoms with Gasteiger partial charge >= 0.3 is 0 Å². The van der Waals surface area contributed by atoms with Crippen molar-refractivity contribution in [3.8, 4) is 0 Å². The summed E-state index contributed by atoms with van der Waals surface area (Å²) in [6.45, 7) is 12.2. The van der Waals surface area contributed by atoms with Crippen molar-refractivity contribution in [3.63, 3.8) is 0 Å². The predicted molar refractivity (Wildman–Crippen MR) is 124 cm³/mol. The maximum absolute atomic E-state index is 4.77. The highest BCUT2D eigenvalue weighted by molar-refractivity contribution is 5.87. The van der Waals surface area contributed by atoms with E-state index in [1.54, 1.807) is 0 Å². The van der Waals surface area contributed by atoms with Crippen LogP contribution in [-0.4, -0.2) is 4.98 Å². The zero-order valence-electron chi connectivity index (χ0n) is 16.9. The van der Waals surface area contributed by atoms with E-state index in [9.17, 15) is 0 Å². The van der Waals surface area contributed by atoms with Gasteiger partial charge in [0.25, 0.3) is 0 Å². The molecule has 0 saturated carbocycles. The molecule has 0 saturated heterocycles. The largest absolute Gasteiger partial charge is 0.300 e. The number of pyridine rings is 1. The lowest BCUT2D eigenvalue weighted by molar-refractivity contribution is 1.11. The minimum Gasteiger partial charge on any atom is -0.300 e. The number of aromatic nitrogens is 1. The van der Waals surface area contributed by atoms with Crippen LogP contribution in [0.15, 0.2) is 84.5 Å². The van der Waals surface area contributed by atoms with E-state index in [-0.39, 0.29) is 0 Å². The van der Waals surface area contributed by atoms with Gasteiger partial charge in [-0.05, 0) is 55.2 Å². The number of rotatable bonds is 5. The van der Waals surface area contributed by atoms with Gasteiger partial charge in [-0.3, -0.25) is 5.43 Å². The van der Waals surface area contributed by atoms with Crippen molar-refractivity contribution in [2.24, 2.45) is 0 Å². The minimum absolute atomic E-state index is 0.826. The molecule has 1 aliphatic heterocycles. The zero-order valence-corrected chi connectivity index (χ0v) is 16.9. The van der Waals surface area contributed by atoms with E-state index < -0.39 is 0 Å². The first-order valence-electron chi connectivity index (χ1n) is 9.76. The van der Waals surface area contributed by atoms with E-state index in [4.69, 9.17) is 4.98 Å². The van der Waals surface area contributed by atoms with E-state index in [1.165, 1.54) is 11.1 Å². The first kappa shape index (κ1) is 18.8. The Balaban J connectivity index is 1.87. The van der Waals surface area contributed by atoms with E-state index in [0.717, 1.165) is 50.4 Å². The Hall–Kier alpha value is -3.59. The number of hydrogen-bond acceptors (Lipinski definition) is 3. The lowest BCUT2D eigenvalue weighted by Gasteiger charge is -2.06. The average Bonchev–Trinajstić information content (AvgIpc) is 3.10. The van der Waals surface area contributed by atoms with Crippen molar-refractivity contribution in [2.75, 3.05) is 5.43 Å². The maximum atomic E-state index is 4.77. The van der Waals surface area contributed by atoms with Crippen molar-refractivity contribution in [1.82, 2.24) is 10.4 Å². The van der Waals surface area contributed by atoms with Gasteiger partial charge in [-0.15, -0.1) is 0 Å². The van der Waals surface area contributed by atoms with Gasteiger partial charge in [-0.2, -0.15) is 0 Å². The van der Waals surface area contributed by atoms with Crippen LogP contribution in [0.1, 0.15) is 25.0 Å². The van der Waals surface area contributed by atoms with Crippen LogP contribution >= 0.6 is 0 Å². The molecule has 2 heterocycles. The van der Waals surface area contributed by atoms with Gasteiger partial charge in [0.05, 0.1) is 22.3 Å². The van der Waals surface area contributed by atoms with Crippen LogP contribution in [0.2, 0.25) is 0 Å². The topological polar surface area (TPSA) is 37.0 Å².